The fraction of sp³-hybridized carbons (Fsp3) is 0.0455. The van der Waals surface area contributed by atoms with Gasteiger partial charge in [-0.15, -0.1) is 0 Å². The highest BCUT2D eigenvalue weighted by atomic mass is 35.5. The molecule has 6 rings (SSSR count). The van der Waals surface area contributed by atoms with Crippen LogP contribution in [0.4, 0.5) is 11.4 Å². The molecule has 6 aromatic carbocycles. The monoisotopic (exact) mass is 850 g/mol. The number of halogens is 2. The third kappa shape index (κ3) is 11.2. The van der Waals surface area contributed by atoms with Crippen molar-refractivity contribution < 1.29 is 57.9 Å². The summed E-state index contributed by atoms with van der Waals surface area (Å²) in [6.07, 6.45) is 0. The van der Waals surface area contributed by atoms with Crippen molar-refractivity contribution in [1.82, 2.24) is 0 Å². The maximum atomic E-state index is 12.6. The second kappa shape index (κ2) is 20.1. The quantitative estimate of drug-likeness (QED) is 0.0850. The summed E-state index contributed by atoms with van der Waals surface area (Å²) in [5.41, 5.74) is 0.768. The minimum absolute atomic E-state index is 0.00714. The van der Waals surface area contributed by atoms with E-state index in [1.54, 1.807) is 91.0 Å². The average Bonchev–Trinajstić information content (AvgIpc) is 3.24. The molecule has 0 radical (unpaired) electrons. The van der Waals surface area contributed by atoms with Crippen molar-refractivity contribution in [2.45, 2.75) is 0 Å². The molecule has 4 N–H and O–H groups in total. The summed E-state index contributed by atoms with van der Waals surface area (Å²) in [5.74, 6) is -3.96. The van der Waals surface area contributed by atoms with Gasteiger partial charge in [0, 0.05) is 21.2 Å². The zero-order valence-electron chi connectivity index (χ0n) is 31.4. The molecule has 16 heteroatoms. The summed E-state index contributed by atoms with van der Waals surface area (Å²) in [4.78, 5) is 71.6. The van der Waals surface area contributed by atoms with Crippen molar-refractivity contribution >= 4 is 70.3 Å². The van der Waals surface area contributed by atoms with Crippen molar-refractivity contribution in [2.75, 3.05) is 24.9 Å². The van der Waals surface area contributed by atoms with Crippen LogP contribution in [-0.2, 0) is 9.47 Å². The van der Waals surface area contributed by atoms with Crippen molar-refractivity contribution in [3.05, 3.63) is 177 Å². The smallest absolute Gasteiger partial charge is 0.338 e. The van der Waals surface area contributed by atoms with E-state index >= 15 is 0 Å². The van der Waals surface area contributed by atoms with Crippen LogP contribution in [0.3, 0.4) is 0 Å². The number of carbonyl (C=O) groups excluding carboxylic acids is 4. The molecule has 0 saturated carbocycles. The van der Waals surface area contributed by atoms with Crippen molar-refractivity contribution in [2.24, 2.45) is 0 Å². The van der Waals surface area contributed by atoms with Gasteiger partial charge in [-0.2, -0.15) is 0 Å². The summed E-state index contributed by atoms with van der Waals surface area (Å²) in [6, 6.07) is 34.2. The normalized spacial score (nSPS) is 10.2. The summed E-state index contributed by atoms with van der Waals surface area (Å²) in [7, 11) is 2.42. The molecule has 0 spiro atoms. The lowest BCUT2D eigenvalue weighted by molar-refractivity contribution is 0.0555. The van der Waals surface area contributed by atoms with E-state index < -0.39 is 35.3 Å². The molecular weight excluding hydrogens is 819 g/mol. The number of amides is 2. The van der Waals surface area contributed by atoms with Crippen molar-refractivity contribution in [3.8, 4) is 23.0 Å². The van der Waals surface area contributed by atoms with Gasteiger partial charge in [-0.05, 0) is 97.1 Å². The number of methoxy groups -OCH3 is 2. The Labute approximate surface area is 351 Å². The molecule has 0 aromatic heterocycles. The fourth-order valence-corrected chi connectivity index (χ4v) is 5.70. The topological polar surface area (TPSA) is 204 Å². The van der Waals surface area contributed by atoms with Crippen LogP contribution in [0.25, 0.3) is 0 Å². The first-order chi connectivity index (χ1) is 28.8. The number of carboxylic acid groups (broad SMARTS) is 2. The van der Waals surface area contributed by atoms with Crippen LogP contribution in [-0.4, -0.2) is 60.1 Å². The number of carboxylic acids is 2. The third-order valence-corrected chi connectivity index (χ3v) is 8.62. The molecule has 0 aliphatic carbocycles. The molecule has 0 aliphatic rings. The van der Waals surface area contributed by atoms with E-state index in [2.05, 4.69) is 10.6 Å². The highest BCUT2D eigenvalue weighted by molar-refractivity contribution is 6.31. The first kappa shape index (κ1) is 43.4. The molecule has 6 aromatic rings. The number of carbonyl (C=O) groups is 6. The predicted octanol–water partition coefficient (Wildman–Crippen LogP) is 9.74. The van der Waals surface area contributed by atoms with E-state index in [9.17, 15) is 33.9 Å². The summed E-state index contributed by atoms with van der Waals surface area (Å²) in [6.45, 7) is 0. The highest BCUT2D eigenvalue weighted by Gasteiger charge is 2.21. The van der Waals surface area contributed by atoms with Gasteiger partial charge in [0.05, 0.1) is 47.8 Å². The van der Waals surface area contributed by atoms with Crippen LogP contribution in [0.5, 0.6) is 23.0 Å². The van der Waals surface area contributed by atoms with Gasteiger partial charge in [-0.3, -0.25) is 9.59 Å². The second-order valence-corrected chi connectivity index (χ2v) is 13.0. The van der Waals surface area contributed by atoms with Crippen LogP contribution in [0.2, 0.25) is 10.0 Å². The Kier molecular flexibility index (Phi) is 14.6. The van der Waals surface area contributed by atoms with Gasteiger partial charge in [0.2, 0.25) is 0 Å². The predicted molar refractivity (Wildman–Crippen MR) is 221 cm³/mol. The largest absolute Gasteiger partial charge is 0.478 e. The fourth-order valence-electron chi connectivity index (χ4n) is 5.32. The molecule has 2 amide bonds. The van der Waals surface area contributed by atoms with Gasteiger partial charge in [0.25, 0.3) is 11.8 Å². The molecule has 60 heavy (non-hydrogen) atoms. The first-order valence-corrected chi connectivity index (χ1v) is 18.1. The lowest BCUT2D eigenvalue weighted by Gasteiger charge is -2.14. The molecule has 14 nitrogen and oxygen atoms in total. The molecule has 0 heterocycles. The average molecular weight is 852 g/mol. The summed E-state index contributed by atoms with van der Waals surface area (Å²) < 4.78 is 21.0. The molecule has 0 bridgehead atoms. The third-order valence-electron chi connectivity index (χ3n) is 8.15. The number of para-hydroxylation sites is 4. The number of anilines is 2. The number of nitrogens with one attached hydrogen (secondary N) is 2. The molecule has 0 fully saturated rings. The standard InChI is InChI=1S/C23H18ClNO6.C21H14ClNO6/c1-29-22(27)17-11-10-16(13-18(17)23(28)30-2)31-20-9-4-3-8-19(20)25-21(26)14-6-5-7-15(24)12-14;22-13-5-3-4-12(10-13)19(24)23-17-6-1-2-7-18(17)29-14-8-9-15(20(25)26)16(11-14)21(27)28/h3-13H,1-2H3,(H,25,26);1-11H,(H,23,24)(H,25,26)(H,27,28). The van der Waals surface area contributed by atoms with E-state index in [0.717, 1.165) is 12.1 Å². The molecule has 0 atom stereocenters. The lowest BCUT2D eigenvalue weighted by Crippen LogP contribution is -2.13. The van der Waals surface area contributed by atoms with Gasteiger partial charge < -0.3 is 39.8 Å². The maximum absolute atomic E-state index is 12.6. The van der Waals surface area contributed by atoms with Gasteiger partial charge >= 0.3 is 23.9 Å². The van der Waals surface area contributed by atoms with Gasteiger partial charge in [0.1, 0.15) is 11.5 Å². The van der Waals surface area contributed by atoms with E-state index in [0.29, 0.717) is 38.3 Å². The number of esters is 2. The Hall–Kier alpha value is -7.68. The second-order valence-electron chi connectivity index (χ2n) is 12.1. The molecule has 0 unspecified atom stereocenters. The Morgan fingerprint density at radius 3 is 1.32 bits per heavy atom. The van der Waals surface area contributed by atoms with Crippen molar-refractivity contribution in [3.63, 3.8) is 0 Å². The molecular formula is C44H32Cl2N2O12. The van der Waals surface area contributed by atoms with Gasteiger partial charge in [-0.1, -0.05) is 59.6 Å². The molecule has 304 valence electrons. The lowest BCUT2D eigenvalue weighted by atomic mass is 10.1. The number of ether oxygens (including phenoxy) is 4. The number of rotatable bonds is 12. The molecule has 0 saturated heterocycles. The number of hydrogen-bond acceptors (Lipinski definition) is 10. The number of hydrogen-bond donors (Lipinski definition) is 4. The zero-order chi connectivity index (χ0) is 43.3. The van der Waals surface area contributed by atoms with Gasteiger partial charge in [-0.25, -0.2) is 19.2 Å². The SMILES string of the molecule is COC(=O)c1ccc(Oc2ccccc2NC(=O)c2cccc(Cl)c2)cc1C(=O)OC.O=C(Nc1ccccc1Oc1ccc(C(=O)O)c(C(=O)O)c1)c1cccc(Cl)c1. The van der Waals surface area contributed by atoms with Crippen LogP contribution in [0.15, 0.2) is 133 Å². The summed E-state index contributed by atoms with van der Waals surface area (Å²) in [5, 5.41) is 24.7. The van der Waals surface area contributed by atoms with E-state index in [-0.39, 0.29) is 39.8 Å². The Bertz CT molecular complexity index is 2610. The van der Waals surface area contributed by atoms with Gasteiger partial charge in [0.15, 0.2) is 11.5 Å². The Balaban J connectivity index is 0.000000228. The number of aromatic carboxylic acids is 2. The molecule has 0 aliphatic heterocycles. The van der Waals surface area contributed by atoms with Crippen LogP contribution < -0.4 is 20.1 Å². The minimum Gasteiger partial charge on any atom is -0.478 e. The van der Waals surface area contributed by atoms with E-state index in [1.165, 1.54) is 44.6 Å². The Morgan fingerprint density at radius 2 is 0.883 bits per heavy atom. The van der Waals surface area contributed by atoms with Crippen LogP contribution in [0, 0.1) is 0 Å². The summed E-state index contributed by atoms with van der Waals surface area (Å²) >= 11 is 11.9. The number of benzene rings is 6. The van der Waals surface area contributed by atoms with Crippen LogP contribution in [0.1, 0.15) is 62.1 Å². The van der Waals surface area contributed by atoms with Crippen molar-refractivity contribution in [1.29, 1.82) is 0 Å². The Morgan fingerprint density at radius 1 is 0.467 bits per heavy atom. The minimum atomic E-state index is -1.39. The highest BCUT2D eigenvalue weighted by Crippen LogP contribution is 2.33. The van der Waals surface area contributed by atoms with E-state index in [4.69, 9.17) is 47.3 Å². The van der Waals surface area contributed by atoms with E-state index in [1.807, 2.05) is 0 Å². The maximum Gasteiger partial charge on any atom is 0.338 e. The zero-order valence-corrected chi connectivity index (χ0v) is 32.9. The first-order valence-electron chi connectivity index (χ1n) is 17.4. The van der Waals surface area contributed by atoms with Crippen LogP contribution >= 0.6 is 23.2 Å².